The maximum Gasteiger partial charge on any atom is 0.466 e. The summed E-state index contributed by atoms with van der Waals surface area (Å²) in [6.45, 7) is 7.84. The van der Waals surface area contributed by atoms with Gasteiger partial charge in [0, 0.05) is 5.82 Å². The van der Waals surface area contributed by atoms with Gasteiger partial charge in [-0.05, 0) is 57.5 Å². The molecule has 1 unspecified atom stereocenters. The number of hydrogen-bond donors (Lipinski definition) is 1. The van der Waals surface area contributed by atoms with Gasteiger partial charge >= 0.3 is 13.1 Å². The van der Waals surface area contributed by atoms with E-state index in [1.165, 1.54) is 0 Å². The Labute approximate surface area is 160 Å². The van der Waals surface area contributed by atoms with E-state index in [0.717, 1.165) is 11.3 Å². The van der Waals surface area contributed by atoms with E-state index in [2.05, 4.69) is 0 Å². The maximum atomic E-state index is 11.4. The fraction of sp³-hybridized carbons (Fsp3) is 0.381. The van der Waals surface area contributed by atoms with E-state index >= 15 is 0 Å². The third-order valence-corrected chi connectivity index (χ3v) is 5.28. The van der Waals surface area contributed by atoms with E-state index in [1.54, 1.807) is 0 Å². The van der Waals surface area contributed by atoms with Crippen molar-refractivity contribution >= 4 is 13.1 Å². The molecule has 142 valence electrons. The number of ether oxygens (including phenoxy) is 1. The first-order valence-electron chi connectivity index (χ1n) is 9.08. The van der Waals surface area contributed by atoms with Crippen molar-refractivity contribution in [1.29, 1.82) is 0 Å². The van der Waals surface area contributed by atoms with Crippen LogP contribution in [0, 0.1) is 0 Å². The number of para-hydroxylation sites is 1. The van der Waals surface area contributed by atoms with Gasteiger partial charge in [-0.1, -0.05) is 30.3 Å². The fourth-order valence-corrected chi connectivity index (χ4v) is 3.02. The number of hydrogen-bond acceptors (Lipinski definition) is 4. The van der Waals surface area contributed by atoms with Gasteiger partial charge in [0.15, 0.2) is 0 Å². The van der Waals surface area contributed by atoms with Gasteiger partial charge in [-0.3, -0.25) is 4.79 Å². The average molecular weight is 368 g/mol. The van der Waals surface area contributed by atoms with Gasteiger partial charge in [0.05, 0.1) is 17.6 Å². The van der Waals surface area contributed by atoms with Crippen molar-refractivity contribution in [2.24, 2.45) is 0 Å². The van der Waals surface area contributed by atoms with Gasteiger partial charge in [-0.2, -0.15) is 0 Å². The quantitative estimate of drug-likeness (QED) is 0.751. The number of carboxylic acid groups (broad SMARTS) is 1. The van der Waals surface area contributed by atoms with Gasteiger partial charge in [-0.25, -0.2) is 0 Å². The summed E-state index contributed by atoms with van der Waals surface area (Å²) < 4.78 is 18.0. The molecule has 2 aromatic rings. The lowest BCUT2D eigenvalue weighted by molar-refractivity contribution is -0.137. The molecule has 1 saturated heterocycles. The first-order chi connectivity index (χ1) is 12.7. The van der Waals surface area contributed by atoms with Gasteiger partial charge in [-0.15, -0.1) is 0 Å². The zero-order chi connectivity index (χ0) is 19.7. The predicted octanol–water partition coefficient (Wildman–Crippen LogP) is 4.67. The van der Waals surface area contributed by atoms with Crippen molar-refractivity contribution < 1.29 is 23.9 Å². The van der Waals surface area contributed by atoms with E-state index in [4.69, 9.17) is 14.0 Å². The van der Waals surface area contributed by atoms with Crippen LogP contribution in [-0.4, -0.2) is 29.4 Å². The van der Waals surface area contributed by atoms with E-state index in [1.807, 2.05) is 82.3 Å². The average Bonchev–Trinajstić information content (AvgIpc) is 2.82. The molecular formula is C21H25BO5. The molecule has 0 amide bonds. The van der Waals surface area contributed by atoms with E-state index in [9.17, 15) is 9.90 Å². The number of aliphatic carboxylic acids is 1. The highest BCUT2D eigenvalue weighted by atomic mass is 16.7. The molecule has 1 atom stereocenters. The Bertz CT molecular complexity index is 770. The molecule has 0 saturated carbocycles. The summed E-state index contributed by atoms with van der Waals surface area (Å²) in [5.74, 6) is 0.139. The highest BCUT2D eigenvalue weighted by molar-refractivity contribution is 6.48. The largest absolute Gasteiger partial charge is 0.481 e. The molecule has 2 aromatic carbocycles. The molecule has 1 heterocycles. The summed E-state index contributed by atoms with van der Waals surface area (Å²) in [5.41, 5.74) is -0.174. The molecule has 0 aromatic heterocycles. The minimum atomic E-state index is -0.890. The predicted molar refractivity (Wildman–Crippen MR) is 104 cm³/mol. The van der Waals surface area contributed by atoms with Crippen molar-refractivity contribution in [3.05, 3.63) is 60.2 Å². The SMILES string of the molecule is CC1(C)OB(C(CC(=O)O)c2ccc(Oc3ccccc3)cc2)OC1(C)C. The van der Waals surface area contributed by atoms with Crippen molar-refractivity contribution in [2.75, 3.05) is 0 Å². The Kier molecular flexibility index (Phi) is 5.31. The molecule has 1 aliphatic heterocycles. The smallest absolute Gasteiger partial charge is 0.466 e. The normalized spacial score (nSPS) is 18.9. The molecule has 27 heavy (non-hydrogen) atoms. The molecule has 1 aliphatic rings. The second-order valence-corrected chi connectivity index (χ2v) is 7.81. The lowest BCUT2D eigenvalue weighted by Crippen LogP contribution is -2.41. The van der Waals surface area contributed by atoms with Crippen molar-refractivity contribution in [2.45, 2.75) is 51.1 Å². The highest BCUT2D eigenvalue weighted by Gasteiger charge is 2.54. The second-order valence-electron chi connectivity index (χ2n) is 7.81. The molecule has 1 N–H and O–H groups in total. The van der Waals surface area contributed by atoms with Crippen LogP contribution in [0.1, 0.15) is 45.5 Å². The van der Waals surface area contributed by atoms with Crippen LogP contribution in [0.2, 0.25) is 0 Å². The van der Waals surface area contributed by atoms with Crippen LogP contribution >= 0.6 is 0 Å². The second kappa shape index (κ2) is 7.37. The lowest BCUT2D eigenvalue weighted by atomic mass is 9.66. The summed E-state index contributed by atoms with van der Waals surface area (Å²) >= 11 is 0. The Morgan fingerprint density at radius 3 is 2.00 bits per heavy atom. The zero-order valence-corrected chi connectivity index (χ0v) is 16.1. The highest BCUT2D eigenvalue weighted by Crippen LogP contribution is 2.42. The fourth-order valence-electron chi connectivity index (χ4n) is 3.02. The summed E-state index contributed by atoms with van der Waals surface area (Å²) in [6.07, 6.45) is -0.0737. The summed E-state index contributed by atoms with van der Waals surface area (Å²) in [4.78, 5) is 11.4. The van der Waals surface area contributed by atoms with Crippen molar-refractivity contribution in [3.8, 4) is 11.5 Å². The Balaban J connectivity index is 1.80. The van der Waals surface area contributed by atoms with Gasteiger partial charge < -0.3 is 19.2 Å². The topological polar surface area (TPSA) is 65.0 Å². The summed E-state index contributed by atoms with van der Waals surface area (Å²) in [5, 5.41) is 9.38. The maximum absolute atomic E-state index is 11.4. The van der Waals surface area contributed by atoms with Gasteiger partial charge in [0.2, 0.25) is 0 Å². The number of carboxylic acids is 1. The summed E-state index contributed by atoms with van der Waals surface area (Å²) in [6, 6.07) is 16.9. The molecule has 1 fully saturated rings. The van der Waals surface area contributed by atoms with Gasteiger partial charge in [0.25, 0.3) is 0 Å². The molecule has 3 rings (SSSR count). The molecular weight excluding hydrogens is 343 g/mol. The Hall–Kier alpha value is -2.31. The van der Waals surface area contributed by atoms with Crippen molar-refractivity contribution in [3.63, 3.8) is 0 Å². The first-order valence-corrected chi connectivity index (χ1v) is 9.08. The number of rotatable bonds is 6. The molecule has 0 aliphatic carbocycles. The standard InChI is InChI=1S/C21H25BO5/c1-20(2)21(3,4)27-22(26-20)18(14-19(23)24)15-10-12-17(13-11-15)25-16-8-6-5-7-9-16/h5-13,18H,14H2,1-4H3,(H,23,24). The van der Waals surface area contributed by atoms with Gasteiger partial charge in [0.1, 0.15) is 11.5 Å². The zero-order valence-electron chi connectivity index (χ0n) is 16.1. The summed E-state index contributed by atoms with van der Waals surface area (Å²) in [7, 11) is -0.619. The van der Waals surface area contributed by atoms with Crippen molar-refractivity contribution in [1.82, 2.24) is 0 Å². The number of carbonyl (C=O) groups is 1. The Morgan fingerprint density at radius 2 is 1.48 bits per heavy atom. The monoisotopic (exact) mass is 368 g/mol. The molecule has 0 radical (unpaired) electrons. The lowest BCUT2D eigenvalue weighted by Gasteiger charge is -2.32. The van der Waals surface area contributed by atoms with Crippen LogP contribution in [-0.2, 0) is 14.1 Å². The van der Waals surface area contributed by atoms with Crippen LogP contribution in [0.4, 0.5) is 0 Å². The Morgan fingerprint density at radius 1 is 0.963 bits per heavy atom. The molecule has 6 heteroatoms. The minimum Gasteiger partial charge on any atom is -0.481 e. The van der Waals surface area contributed by atoms with Crippen LogP contribution < -0.4 is 4.74 Å². The minimum absolute atomic E-state index is 0.0737. The number of benzene rings is 2. The van der Waals surface area contributed by atoms with Crippen LogP contribution in [0.25, 0.3) is 0 Å². The molecule has 5 nitrogen and oxygen atoms in total. The van der Waals surface area contributed by atoms with Crippen LogP contribution in [0.15, 0.2) is 54.6 Å². The first kappa shape index (κ1) is 19.5. The molecule has 0 spiro atoms. The van der Waals surface area contributed by atoms with E-state index < -0.39 is 30.1 Å². The third-order valence-electron chi connectivity index (χ3n) is 5.28. The van der Waals surface area contributed by atoms with E-state index in [-0.39, 0.29) is 6.42 Å². The van der Waals surface area contributed by atoms with Crippen LogP contribution in [0.5, 0.6) is 11.5 Å². The van der Waals surface area contributed by atoms with Crippen LogP contribution in [0.3, 0.4) is 0 Å². The third kappa shape index (κ3) is 4.34. The molecule has 0 bridgehead atoms. The van der Waals surface area contributed by atoms with E-state index in [0.29, 0.717) is 5.75 Å².